The summed E-state index contributed by atoms with van der Waals surface area (Å²) < 4.78 is 21.5. The highest BCUT2D eigenvalue weighted by atomic mass is 16.5. The van der Waals surface area contributed by atoms with Gasteiger partial charge in [-0.25, -0.2) is 0 Å². The maximum atomic E-state index is 12.7. The molecule has 1 aromatic heterocycles. The molecule has 0 fully saturated rings. The minimum absolute atomic E-state index is 0.0820. The summed E-state index contributed by atoms with van der Waals surface area (Å²) in [5.41, 5.74) is 1.12. The van der Waals surface area contributed by atoms with Crippen LogP contribution in [0.3, 0.4) is 0 Å². The Balaban J connectivity index is 2.32. The third-order valence-corrected chi connectivity index (χ3v) is 4.02. The van der Waals surface area contributed by atoms with Crippen LogP contribution in [0.5, 0.6) is 23.0 Å². The normalized spacial score (nSPS) is 10.7. The van der Waals surface area contributed by atoms with E-state index in [1.807, 2.05) is 6.92 Å². The van der Waals surface area contributed by atoms with E-state index < -0.39 is 11.2 Å². The van der Waals surface area contributed by atoms with Crippen molar-refractivity contribution < 1.29 is 23.7 Å². The molecule has 1 N–H and O–H groups in total. The van der Waals surface area contributed by atoms with Gasteiger partial charge in [0.05, 0.1) is 21.3 Å². The van der Waals surface area contributed by atoms with Gasteiger partial charge in [0, 0.05) is 17.7 Å². The van der Waals surface area contributed by atoms with E-state index in [9.17, 15) is 9.90 Å². The number of methoxy groups -OCH3 is 3. The summed E-state index contributed by atoms with van der Waals surface area (Å²) in [6, 6.07) is 8.39. The highest BCUT2D eigenvalue weighted by Gasteiger charge is 2.20. The summed E-state index contributed by atoms with van der Waals surface area (Å²) >= 11 is 0. The quantitative estimate of drug-likeness (QED) is 0.782. The van der Waals surface area contributed by atoms with Crippen LogP contribution in [-0.4, -0.2) is 26.4 Å². The Morgan fingerprint density at radius 3 is 2.28 bits per heavy atom. The van der Waals surface area contributed by atoms with Crippen LogP contribution < -0.4 is 19.6 Å². The minimum atomic E-state index is -0.566. The molecule has 0 unspecified atom stereocenters. The molecule has 6 heteroatoms. The second kappa shape index (κ2) is 6.39. The average Bonchev–Trinajstić information content (AvgIpc) is 2.63. The molecule has 0 radical (unpaired) electrons. The molecule has 2 aromatic carbocycles. The first-order valence-corrected chi connectivity index (χ1v) is 7.57. The third-order valence-electron chi connectivity index (χ3n) is 4.02. The fraction of sp³-hybridized carbons (Fsp3) is 0.211. The monoisotopic (exact) mass is 342 g/mol. The molecule has 0 saturated heterocycles. The molecule has 0 bridgehead atoms. The predicted octanol–water partition coefficient (Wildman–Crippen LogP) is 3.50. The van der Waals surface area contributed by atoms with Gasteiger partial charge < -0.3 is 23.7 Å². The number of benzene rings is 2. The molecule has 0 aliphatic carbocycles. The first kappa shape index (κ1) is 16.7. The average molecular weight is 342 g/mol. The molecule has 0 saturated carbocycles. The lowest BCUT2D eigenvalue weighted by atomic mass is 10.1. The number of hydrogen-bond donors (Lipinski definition) is 1. The van der Waals surface area contributed by atoms with Crippen molar-refractivity contribution in [3.63, 3.8) is 0 Å². The Bertz CT molecular complexity index is 1000. The predicted molar refractivity (Wildman–Crippen MR) is 94.0 cm³/mol. The number of ether oxygens (including phenoxy) is 3. The summed E-state index contributed by atoms with van der Waals surface area (Å²) in [5, 5.41) is 10.6. The van der Waals surface area contributed by atoms with Crippen LogP contribution in [0.2, 0.25) is 0 Å². The van der Waals surface area contributed by atoms with E-state index in [4.69, 9.17) is 18.6 Å². The summed E-state index contributed by atoms with van der Waals surface area (Å²) in [7, 11) is 4.52. The first-order valence-electron chi connectivity index (χ1n) is 7.57. The second-order valence-electron chi connectivity index (χ2n) is 5.50. The van der Waals surface area contributed by atoms with Crippen LogP contribution in [0.15, 0.2) is 39.5 Å². The maximum absolute atomic E-state index is 12.7. The van der Waals surface area contributed by atoms with Gasteiger partial charge in [-0.1, -0.05) is 0 Å². The zero-order valence-electron chi connectivity index (χ0n) is 14.4. The lowest BCUT2D eigenvalue weighted by molar-refractivity contribution is 0.394. The smallest absolute Gasteiger partial charge is 0.238 e. The first-order chi connectivity index (χ1) is 12.0. The number of aryl methyl sites for hydroxylation is 1. The maximum Gasteiger partial charge on any atom is 0.238 e. The summed E-state index contributed by atoms with van der Waals surface area (Å²) in [6.07, 6.45) is 0. The molecule has 0 amide bonds. The third kappa shape index (κ3) is 2.76. The van der Waals surface area contributed by atoms with E-state index in [2.05, 4.69) is 0 Å². The molecule has 25 heavy (non-hydrogen) atoms. The van der Waals surface area contributed by atoms with Gasteiger partial charge in [0.15, 0.2) is 5.76 Å². The Labute approximate surface area is 144 Å². The van der Waals surface area contributed by atoms with Crippen LogP contribution in [0, 0.1) is 6.92 Å². The SMILES string of the molecule is COc1cc(OC)c2c(=O)c(O)c(-c3ccc(OC)c(C)c3)oc2c1. The highest BCUT2D eigenvalue weighted by molar-refractivity contribution is 5.88. The van der Waals surface area contributed by atoms with Gasteiger partial charge in [0.2, 0.25) is 11.2 Å². The van der Waals surface area contributed by atoms with E-state index in [1.54, 1.807) is 37.4 Å². The van der Waals surface area contributed by atoms with Crippen molar-refractivity contribution in [3.8, 4) is 34.3 Å². The molecule has 3 aromatic rings. The summed E-state index contributed by atoms with van der Waals surface area (Å²) in [5.74, 6) is 1.07. The van der Waals surface area contributed by atoms with E-state index >= 15 is 0 Å². The Morgan fingerprint density at radius 2 is 1.68 bits per heavy atom. The molecule has 3 rings (SSSR count). The summed E-state index contributed by atoms with van der Waals surface area (Å²) in [4.78, 5) is 12.7. The molecule has 130 valence electrons. The van der Waals surface area contributed by atoms with Crippen molar-refractivity contribution in [3.05, 3.63) is 46.1 Å². The van der Waals surface area contributed by atoms with Crippen LogP contribution >= 0.6 is 0 Å². The topological polar surface area (TPSA) is 78.1 Å². The second-order valence-corrected chi connectivity index (χ2v) is 5.50. The zero-order chi connectivity index (χ0) is 18.1. The van der Waals surface area contributed by atoms with Crippen molar-refractivity contribution in [1.82, 2.24) is 0 Å². The molecular weight excluding hydrogens is 324 g/mol. The van der Waals surface area contributed by atoms with Gasteiger partial charge in [-0.05, 0) is 30.7 Å². The molecule has 0 aliphatic heterocycles. The number of hydrogen-bond acceptors (Lipinski definition) is 6. The number of rotatable bonds is 4. The van der Waals surface area contributed by atoms with Crippen molar-refractivity contribution in [1.29, 1.82) is 0 Å². The molecule has 0 spiro atoms. The lowest BCUT2D eigenvalue weighted by Crippen LogP contribution is -2.05. The largest absolute Gasteiger partial charge is 0.502 e. The van der Waals surface area contributed by atoms with Gasteiger partial charge in [-0.15, -0.1) is 0 Å². The number of fused-ring (bicyclic) bond motifs is 1. The van der Waals surface area contributed by atoms with Crippen LogP contribution in [0.1, 0.15) is 5.56 Å². The van der Waals surface area contributed by atoms with Crippen molar-refractivity contribution >= 4 is 11.0 Å². The van der Waals surface area contributed by atoms with Gasteiger partial charge in [-0.2, -0.15) is 0 Å². The zero-order valence-corrected chi connectivity index (χ0v) is 14.4. The van der Waals surface area contributed by atoms with Crippen molar-refractivity contribution in [2.75, 3.05) is 21.3 Å². The van der Waals surface area contributed by atoms with E-state index in [1.165, 1.54) is 14.2 Å². The molecule has 0 aliphatic rings. The van der Waals surface area contributed by atoms with Crippen LogP contribution in [0.4, 0.5) is 0 Å². The lowest BCUT2D eigenvalue weighted by Gasteiger charge is -2.11. The van der Waals surface area contributed by atoms with Gasteiger partial charge in [0.1, 0.15) is 28.2 Å². The Morgan fingerprint density at radius 1 is 0.960 bits per heavy atom. The molecule has 1 heterocycles. The highest BCUT2D eigenvalue weighted by Crippen LogP contribution is 2.36. The molecule has 6 nitrogen and oxygen atoms in total. The Hall–Kier alpha value is -3.15. The van der Waals surface area contributed by atoms with Crippen molar-refractivity contribution in [2.45, 2.75) is 6.92 Å². The molecule has 0 atom stereocenters. The van der Waals surface area contributed by atoms with E-state index in [-0.39, 0.29) is 22.5 Å². The summed E-state index contributed by atoms with van der Waals surface area (Å²) in [6.45, 7) is 1.87. The van der Waals surface area contributed by atoms with Gasteiger partial charge in [0.25, 0.3) is 0 Å². The van der Waals surface area contributed by atoms with Crippen LogP contribution in [-0.2, 0) is 0 Å². The van der Waals surface area contributed by atoms with Gasteiger partial charge >= 0.3 is 0 Å². The van der Waals surface area contributed by atoms with Crippen LogP contribution in [0.25, 0.3) is 22.3 Å². The molecular formula is C19H18O6. The minimum Gasteiger partial charge on any atom is -0.502 e. The Kier molecular flexibility index (Phi) is 4.27. The fourth-order valence-corrected chi connectivity index (χ4v) is 2.74. The fourth-order valence-electron chi connectivity index (χ4n) is 2.74. The van der Waals surface area contributed by atoms with E-state index in [0.717, 1.165) is 5.56 Å². The van der Waals surface area contributed by atoms with Crippen molar-refractivity contribution in [2.24, 2.45) is 0 Å². The standard InChI is InChI=1S/C19H18O6/c1-10-7-11(5-6-13(10)23-3)19-18(21)17(20)16-14(24-4)8-12(22-2)9-15(16)25-19/h5-9,21H,1-4H3. The van der Waals surface area contributed by atoms with E-state index in [0.29, 0.717) is 17.1 Å². The number of aromatic hydroxyl groups is 1. The van der Waals surface area contributed by atoms with Gasteiger partial charge in [-0.3, -0.25) is 4.79 Å².